The second-order valence-electron chi connectivity index (χ2n) is 4.66. The lowest BCUT2D eigenvalue weighted by molar-refractivity contribution is 0.304. The van der Waals surface area contributed by atoms with Gasteiger partial charge in [0.1, 0.15) is 0 Å². The van der Waals surface area contributed by atoms with E-state index in [2.05, 4.69) is 16.9 Å². The molecule has 0 amide bonds. The summed E-state index contributed by atoms with van der Waals surface area (Å²) >= 11 is 0. The van der Waals surface area contributed by atoms with Crippen molar-refractivity contribution < 1.29 is 4.74 Å². The summed E-state index contributed by atoms with van der Waals surface area (Å²) in [4.78, 5) is 10.6. The van der Waals surface area contributed by atoms with Crippen molar-refractivity contribution in [1.82, 2.24) is 9.97 Å². The molecule has 0 fully saturated rings. The zero-order valence-corrected chi connectivity index (χ0v) is 11.9. The van der Waals surface area contributed by atoms with Crippen molar-refractivity contribution in [2.75, 3.05) is 24.3 Å². The molecule has 0 spiro atoms. The number of rotatable bonds is 6. The van der Waals surface area contributed by atoms with Crippen LogP contribution in [0, 0.1) is 0 Å². The summed E-state index contributed by atoms with van der Waals surface area (Å²) < 4.78 is 5.50. The van der Waals surface area contributed by atoms with Gasteiger partial charge in [-0.3, -0.25) is 4.98 Å². The van der Waals surface area contributed by atoms with Gasteiger partial charge < -0.3 is 15.4 Å². The molecule has 2 rings (SSSR count). The van der Waals surface area contributed by atoms with E-state index in [4.69, 9.17) is 10.5 Å². The van der Waals surface area contributed by atoms with E-state index < -0.39 is 0 Å². The third-order valence-corrected chi connectivity index (χ3v) is 2.84. The molecule has 20 heavy (non-hydrogen) atoms. The minimum absolute atomic E-state index is 0.563. The second kappa shape index (κ2) is 6.75. The Kier molecular flexibility index (Phi) is 4.76. The second-order valence-corrected chi connectivity index (χ2v) is 4.66. The Morgan fingerprint density at radius 1 is 1.20 bits per heavy atom. The maximum absolute atomic E-state index is 5.68. The first-order valence-corrected chi connectivity index (χ1v) is 6.69. The molecule has 1 aromatic carbocycles. The highest BCUT2D eigenvalue weighted by Crippen LogP contribution is 2.16. The molecule has 0 saturated carbocycles. The molecule has 2 aromatic rings. The maximum Gasteiger partial charge on any atom is 0.234 e. The molecule has 0 saturated heterocycles. The number of benzene rings is 1. The number of nitrogens with zero attached hydrogens (tertiary/aromatic N) is 3. The van der Waals surface area contributed by atoms with Crippen LogP contribution in [0.1, 0.15) is 18.9 Å². The number of nitrogens with two attached hydrogens (primary N) is 1. The maximum atomic E-state index is 5.68. The summed E-state index contributed by atoms with van der Waals surface area (Å²) in [5, 5.41) is 0. The van der Waals surface area contributed by atoms with Gasteiger partial charge in [-0.2, -0.15) is 4.98 Å². The van der Waals surface area contributed by atoms with Crippen LogP contribution in [0.15, 0.2) is 36.7 Å². The smallest absolute Gasteiger partial charge is 0.234 e. The van der Waals surface area contributed by atoms with Crippen LogP contribution in [0.3, 0.4) is 0 Å². The Bertz CT molecular complexity index is 542. The Morgan fingerprint density at radius 2 is 1.95 bits per heavy atom. The molecule has 0 aliphatic heterocycles. The lowest BCUT2D eigenvalue weighted by Gasteiger charge is -2.18. The topological polar surface area (TPSA) is 64.3 Å². The van der Waals surface area contributed by atoms with Crippen molar-refractivity contribution in [3.8, 4) is 5.88 Å². The first-order chi connectivity index (χ1) is 9.69. The lowest BCUT2D eigenvalue weighted by Crippen LogP contribution is -2.18. The molecule has 0 aliphatic rings. The van der Waals surface area contributed by atoms with Gasteiger partial charge in [-0.05, 0) is 24.1 Å². The number of hydrogen-bond acceptors (Lipinski definition) is 5. The predicted molar refractivity (Wildman–Crippen MR) is 80.8 cm³/mol. The molecule has 106 valence electrons. The normalized spacial score (nSPS) is 10.3. The van der Waals surface area contributed by atoms with E-state index in [9.17, 15) is 0 Å². The molecular formula is C15H20N4O. The SMILES string of the molecule is CCCOc1cncc(N(C)Cc2ccc(N)cc2)n1. The summed E-state index contributed by atoms with van der Waals surface area (Å²) in [6, 6.07) is 7.82. The van der Waals surface area contributed by atoms with E-state index in [0.29, 0.717) is 12.5 Å². The molecule has 0 atom stereocenters. The minimum Gasteiger partial charge on any atom is -0.477 e. The molecular weight excluding hydrogens is 252 g/mol. The van der Waals surface area contributed by atoms with Gasteiger partial charge in [-0.25, -0.2) is 0 Å². The van der Waals surface area contributed by atoms with E-state index in [-0.39, 0.29) is 0 Å². The molecule has 1 aromatic heterocycles. The van der Waals surface area contributed by atoms with E-state index >= 15 is 0 Å². The van der Waals surface area contributed by atoms with Crippen LogP contribution in [-0.2, 0) is 6.54 Å². The van der Waals surface area contributed by atoms with Crippen molar-refractivity contribution in [3.63, 3.8) is 0 Å². The predicted octanol–water partition coefficient (Wildman–Crippen LogP) is 2.48. The third-order valence-electron chi connectivity index (χ3n) is 2.84. The van der Waals surface area contributed by atoms with Crippen LogP contribution < -0.4 is 15.4 Å². The molecule has 0 unspecified atom stereocenters. The van der Waals surface area contributed by atoms with Gasteiger partial charge in [0.15, 0.2) is 5.82 Å². The number of nitrogen functional groups attached to an aromatic ring is 1. The van der Waals surface area contributed by atoms with E-state index in [1.807, 2.05) is 36.2 Å². The molecule has 5 nitrogen and oxygen atoms in total. The molecule has 2 N–H and O–H groups in total. The fraction of sp³-hybridized carbons (Fsp3) is 0.333. The zero-order chi connectivity index (χ0) is 14.4. The van der Waals surface area contributed by atoms with E-state index in [1.54, 1.807) is 12.4 Å². The van der Waals surface area contributed by atoms with Crippen molar-refractivity contribution in [1.29, 1.82) is 0 Å². The molecule has 0 radical (unpaired) electrons. The highest BCUT2D eigenvalue weighted by molar-refractivity contribution is 5.42. The Balaban J connectivity index is 2.04. The van der Waals surface area contributed by atoms with Gasteiger partial charge >= 0.3 is 0 Å². The third kappa shape index (κ3) is 3.85. The summed E-state index contributed by atoms with van der Waals surface area (Å²) in [7, 11) is 1.98. The highest BCUT2D eigenvalue weighted by atomic mass is 16.5. The first kappa shape index (κ1) is 14.1. The number of ether oxygens (including phenoxy) is 1. The lowest BCUT2D eigenvalue weighted by atomic mass is 10.2. The standard InChI is InChI=1S/C15H20N4O/c1-3-8-20-15-10-17-9-14(18-15)19(2)11-12-4-6-13(16)7-5-12/h4-7,9-10H,3,8,11,16H2,1-2H3. The van der Waals surface area contributed by atoms with E-state index in [0.717, 1.165) is 24.5 Å². The van der Waals surface area contributed by atoms with Crippen LogP contribution in [0.2, 0.25) is 0 Å². The number of anilines is 2. The summed E-state index contributed by atoms with van der Waals surface area (Å²) in [5.41, 5.74) is 7.62. The number of hydrogen-bond donors (Lipinski definition) is 1. The fourth-order valence-corrected chi connectivity index (χ4v) is 1.78. The quantitative estimate of drug-likeness (QED) is 0.818. The van der Waals surface area contributed by atoms with Gasteiger partial charge in [-0.15, -0.1) is 0 Å². The summed E-state index contributed by atoms with van der Waals surface area (Å²) in [6.07, 6.45) is 4.32. The zero-order valence-electron chi connectivity index (χ0n) is 11.9. The monoisotopic (exact) mass is 272 g/mol. The van der Waals surface area contributed by atoms with Gasteiger partial charge in [0.25, 0.3) is 0 Å². The van der Waals surface area contributed by atoms with Crippen LogP contribution >= 0.6 is 0 Å². The Hall–Kier alpha value is -2.30. The largest absolute Gasteiger partial charge is 0.477 e. The summed E-state index contributed by atoms with van der Waals surface area (Å²) in [6.45, 7) is 3.45. The first-order valence-electron chi connectivity index (χ1n) is 6.69. The van der Waals surface area contributed by atoms with Crippen molar-refractivity contribution in [2.24, 2.45) is 0 Å². The van der Waals surface area contributed by atoms with Crippen LogP contribution in [0.4, 0.5) is 11.5 Å². The van der Waals surface area contributed by atoms with Gasteiger partial charge in [0.05, 0.1) is 19.0 Å². The van der Waals surface area contributed by atoms with Crippen LogP contribution in [-0.4, -0.2) is 23.6 Å². The van der Waals surface area contributed by atoms with Crippen molar-refractivity contribution in [2.45, 2.75) is 19.9 Å². The van der Waals surface area contributed by atoms with Gasteiger partial charge in [0, 0.05) is 19.3 Å². The Morgan fingerprint density at radius 3 is 2.65 bits per heavy atom. The average Bonchev–Trinajstić information content (AvgIpc) is 2.48. The summed E-state index contributed by atoms with van der Waals surface area (Å²) in [5.74, 6) is 1.35. The molecule has 0 aliphatic carbocycles. The fourth-order valence-electron chi connectivity index (χ4n) is 1.78. The highest BCUT2D eigenvalue weighted by Gasteiger charge is 2.06. The van der Waals surface area contributed by atoms with Crippen LogP contribution in [0.25, 0.3) is 0 Å². The van der Waals surface area contributed by atoms with E-state index in [1.165, 1.54) is 5.56 Å². The number of aromatic nitrogens is 2. The molecule has 5 heteroatoms. The average molecular weight is 272 g/mol. The van der Waals surface area contributed by atoms with Crippen molar-refractivity contribution >= 4 is 11.5 Å². The van der Waals surface area contributed by atoms with Gasteiger partial charge in [0.2, 0.25) is 5.88 Å². The Labute approximate surface area is 119 Å². The molecule has 1 heterocycles. The van der Waals surface area contributed by atoms with Gasteiger partial charge in [-0.1, -0.05) is 19.1 Å². The molecule has 0 bridgehead atoms. The van der Waals surface area contributed by atoms with Crippen LogP contribution in [0.5, 0.6) is 5.88 Å². The minimum atomic E-state index is 0.563. The van der Waals surface area contributed by atoms with Crippen molar-refractivity contribution in [3.05, 3.63) is 42.2 Å².